The van der Waals surface area contributed by atoms with Gasteiger partial charge in [0.15, 0.2) is 5.82 Å². The standard InChI is InChI=1S/C20H11N5OS2/c21-20-24-18-17(19(26)25-20)28-16-14(23-18)10-6-2-1-5-9(10)13-15(16)27-12-8-4-3-7-11(12)22-13/h1-8H,(H3,21,24,25,26). The summed E-state index contributed by atoms with van der Waals surface area (Å²) in [6.45, 7) is 0. The highest BCUT2D eigenvalue weighted by atomic mass is 32.2. The number of nitrogens with zero attached hydrogens (tertiary/aromatic N) is 3. The molecule has 0 fully saturated rings. The van der Waals surface area contributed by atoms with E-state index in [4.69, 9.17) is 15.7 Å². The molecule has 0 atom stereocenters. The first-order valence-corrected chi connectivity index (χ1v) is 10.2. The van der Waals surface area contributed by atoms with Gasteiger partial charge in [0, 0.05) is 15.7 Å². The van der Waals surface area contributed by atoms with E-state index in [-0.39, 0.29) is 11.5 Å². The van der Waals surface area contributed by atoms with Gasteiger partial charge in [-0.25, -0.2) is 9.98 Å². The van der Waals surface area contributed by atoms with Gasteiger partial charge in [-0.15, -0.1) is 0 Å². The van der Waals surface area contributed by atoms with E-state index < -0.39 is 0 Å². The molecule has 0 saturated heterocycles. The maximum Gasteiger partial charge on any atom is 0.268 e. The van der Waals surface area contributed by atoms with Crippen LogP contribution < -0.4 is 22.0 Å². The Hall–Kier alpha value is -3.10. The molecule has 0 saturated carbocycles. The van der Waals surface area contributed by atoms with E-state index in [2.05, 4.69) is 22.1 Å². The third-order valence-corrected chi connectivity index (χ3v) is 7.15. The molecule has 0 amide bonds. The monoisotopic (exact) mass is 401 g/mol. The SMILES string of the molecule is Nc1nc2c(c(=O)[nH]1)Sc1c3c(c4ccccc4c1=N2)=Nc1ccccc1S3. The lowest BCUT2D eigenvalue weighted by Crippen LogP contribution is -2.24. The normalized spacial score (nSPS) is 13.6. The second-order valence-electron chi connectivity index (χ2n) is 6.40. The van der Waals surface area contributed by atoms with Gasteiger partial charge >= 0.3 is 0 Å². The Balaban J connectivity index is 1.81. The first-order valence-electron chi connectivity index (χ1n) is 8.56. The molecule has 1 aromatic heterocycles. The number of nitrogens with one attached hydrogen (secondary N) is 1. The molecular weight excluding hydrogens is 390 g/mol. The molecule has 3 heterocycles. The van der Waals surface area contributed by atoms with E-state index in [0.717, 1.165) is 41.9 Å². The second kappa shape index (κ2) is 5.70. The van der Waals surface area contributed by atoms with Crippen LogP contribution in [0.1, 0.15) is 0 Å². The Morgan fingerprint density at radius 1 is 0.821 bits per heavy atom. The fourth-order valence-corrected chi connectivity index (χ4v) is 5.73. The predicted molar refractivity (Wildman–Crippen MR) is 110 cm³/mol. The first-order chi connectivity index (χ1) is 13.7. The van der Waals surface area contributed by atoms with E-state index in [1.807, 2.05) is 36.4 Å². The number of nitrogens with two attached hydrogens (primary N) is 1. The lowest BCUT2D eigenvalue weighted by atomic mass is 10.1. The number of aromatic nitrogens is 2. The van der Waals surface area contributed by atoms with Crippen molar-refractivity contribution < 1.29 is 0 Å². The summed E-state index contributed by atoms with van der Waals surface area (Å²) >= 11 is 3.05. The third kappa shape index (κ3) is 2.18. The van der Waals surface area contributed by atoms with Crippen LogP contribution in [0.4, 0.5) is 17.5 Å². The molecule has 4 aromatic rings. The number of aromatic amines is 1. The van der Waals surface area contributed by atoms with Gasteiger partial charge in [0.1, 0.15) is 4.90 Å². The Morgan fingerprint density at radius 2 is 1.50 bits per heavy atom. The maximum absolute atomic E-state index is 12.4. The van der Waals surface area contributed by atoms with Crippen LogP contribution in [0.3, 0.4) is 0 Å². The molecule has 8 heteroatoms. The molecular formula is C20H11N5OS2. The van der Waals surface area contributed by atoms with Crippen molar-refractivity contribution in [3.05, 3.63) is 69.6 Å². The van der Waals surface area contributed by atoms with Crippen molar-refractivity contribution in [1.29, 1.82) is 0 Å². The molecule has 3 N–H and O–H groups in total. The Kier molecular flexibility index (Phi) is 3.24. The molecule has 2 aliphatic heterocycles. The molecule has 6 rings (SSSR count). The number of anilines is 1. The highest BCUT2D eigenvalue weighted by Gasteiger charge is 2.26. The summed E-state index contributed by atoms with van der Waals surface area (Å²) in [7, 11) is 0. The largest absolute Gasteiger partial charge is 0.369 e. The molecule has 0 unspecified atom stereocenters. The second-order valence-corrected chi connectivity index (χ2v) is 8.47. The number of hydrogen-bond acceptors (Lipinski definition) is 7. The topological polar surface area (TPSA) is 96.5 Å². The molecule has 0 spiro atoms. The lowest BCUT2D eigenvalue weighted by Gasteiger charge is -2.20. The third-order valence-electron chi connectivity index (χ3n) is 4.68. The summed E-state index contributed by atoms with van der Waals surface area (Å²) in [6.07, 6.45) is 0. The van der Waals surface area contributed by atoms with Gasteiger partial charge in [0.25, 0.3) is 5.56 Å². The quantitative estimate of drug-likeness (QED) is 0.407. The van der Waals surface area contributed by atoms with Crippen molar-refractivity contribution in [2.45, 2.75) is 19.6 Å². The zero-order valence-corrected chi connectivity index (χ0v) is 15.9. The van der Waals surface area contributed by atoms with Crippen LogP contribution in [0, 0.1) is 0 Å². The zero-order valence-electron chi connectivity index (χ0n) is 14.3. The number of H-pyrrole nitrogens is 1. The number of rotatable bonds is 0. The van der Waals surface area contributed by atoms with Gasteiger partial charge in [-0.05, 0) is 12.1 Å². The number of benzene rings is 3. The molecule has 134 valence electrons. The molecule has 0 aliphatic carbocycles. The Labute approximate surface area is 166 Å². The van der Waals surface area contributed by atoms with E-state index in [1.54, 1.807) is 11.8 Å². The first kappa shape index (κ1) is 15.9. The maximum atomic E-state index is 12.4. The van der Waals surface area contributed by atoms with E-state index >= 15 is 0 Å². The fraction of sp³-hybridized carbons (Fsp3) is 0. The minimum Gasteiger partial charge on any atom is -0.369 e. The van der Waals surface area contributed by atoms with Gasteiger partial charge < -0.3 is 5.73 Å². The van der Waals surface area contributed by atoms with Crippen LogP contribution >= 0.6 is 23.5 Å². The molecule has 28 heavy (non-hydrogen) atoms. The number of para-hydroxylation sites is 1. The minimum absolute atomic E-state index is 0.0668. The highest BCUT2D eigenvalue weighted by molar-refractivity contribution is 8.02. The summed E-state index contributed by atoms with van der Waals surface area (Å²) in [5.74, 6) is 0.430. The number of fused-ring (bicyclic) bond motifs is 8. The summed E-state index contributed by atoms with van der Waals surface area (Å²) in [4.78, 5) is 32.4. The van der Waals surface area contributed by atoms with E-state index in [0.29, 0.717) is 10.7 Å². The van der Waals surface area contributed by atoms with Crippen LogP contribution in [0.2, 0.25) is 0 Å². The smallest absolute Gasteiger partial charge is 0.268 e. The molecule has 0 bridgehead atoms. The van der Waals surface area contributed by atoms with Gasteiger partial charge in [-0.2, -0.15) is 4.98 Å². The van der Waals surface area contributed by atoms with Crippen molar-refractivity contribution in [2.24, 2.45) is 9.98 Å². The Bertz CT molecular complexity index is 1510. The van der Waals surface area contributed by atoms with Crippen LogP contribution in [0.5, 0.6) is 0 Å². The van der Waals surface area contributed by atoms with Crippen LogP contribution in [0.15, 0.2) is 82.9 Å². The summed E-state index contributed by atoms with van der Waals surface area (Å²) in [6, 6.07) is 16.1. The molecule has 3 aromatic carbocycles. The fourth-order valence-electron chi connectivity index (χ4n) is 3.48. The van der Waals surface area contributed by atoms with Crippen LogP contribution in [0.25, 0.3) is 10.8 Å². The average Bonchev–Trinajstić information content (AvgIpc) is 2.72. The van der Waals surface area contributed by atoms with Crippen molar-refractivity contribution in [1.82, 2.24) is 9.97 Å². The van der Waals surface area contributed by atoms with Gasteiger partial charge in [0.05, 0.1) is 26.2 Å². The minimum atomic E-state index is -0.276. The number of hydrogen-bond donors (Lipinski definition) is 2. The van der Waals surface area contributed by atoms with Gasteiger partial charge in [-0.1, -0.05) is 59.9 Å². The van der Waals surface area contributed by atoms with E-state index in [9.17, 15) is 4.79 Å². The summed E-state index contributed by atoms with van der Waals surface area (Å²) in [5.41, 5.74) is 6.40. The van der Waals surface area contributed by atoms with E-state index in [1.165, 1.54) is 11.8 Å². The van der Waals surface area contributed by atoms with Crippen molar-refractivity contribution in [2.75, 3.05) is 5.73 Å². The van der Waals surface area contributed by atoms with Crippen LogP contribution in [-0.4, -0.2) is 9.97 Å². The molecule has 6 nitrogen and oxygen atoms in total. The predicted octanol–water partition coefficient (Wildman–Crippen LogP) is 3.34. The highest BCUT2D eigenvalue weighted by Crippen LogP contribution is 2.44. The lowest BCUT2D eigenvalue weighted by molar-refractivity contribution is 0.988. The van der Waals surface area contributed by atoms with Gasteiger partial charge in [-0.3, -0.25) is 9.78 Å². The van der Waals surface area contributed by atoms with Crippen molar-refractivity contribution in [3.8, 4) is 0 Å². The Morgan fingerprint density at radius 3 is 2.32 bits per heavy atom. The van der Waals surface area contributed by atoms with Crippen molar-refractivity contribution in [3.63, 3.8) is 0 Å². The average molecular weight is 401 g/mol. The van der Waals surface area contributed by atoms with Crippen LogP contribution in [-0.2, 0) is 0 Å². The summed E-state index contributed by atoms with van der Waals surface area (Å²) < 4.78 is 0. The molecule has 2 aliphatic rings. The van der Waals surface area contributed by atoms with Crippen molar-refractivity contribution >= 4 is 51.7 Å². The molecule has 0 radical (unpaired) electrons. The number of nitrogen functional groups attached to an aromatic ring is 1. The van der Waals surface area contributed by atoms with Gasteiger partial charge in [0.2, 0.25) is 5.95 Å². The zero-order chi connectivity index (χ0) is 18.8. The summed E-state index contributed by atoms with van der Waals surface area (Å²) in [5, 5.41) is 3.75.